The molecule has 0 saturated heterocycles. The van der Waals surface area contributed by atoms with Gasteiger partial charge in [0.2, 0.25) is 0 Å². The van der Waals surface area contributed by atoms with Crippen LogP contribution in [0.2, 0.25) is 0 Å². The van der Waals surface area contributed by atoms with Gasteiger partial charge in [-0.15, -0.1) is 0 Å². The van der Waals surface area contributed by atoms with Crippen LogP contribution in [0.25, 0.3) is 0 Å². The van der Waals surface area contributed by atoms with E-state index in [0.29, 0.717) is 5.69 Å². The number of carbonyl (C=O) groups excluding carboxylic acids is 1. The summed E-state index contributed by atoms with van der Waals surface area (Å²) in [4.78, 5) is 14.8. The number of aryl methyl sites for hydroxylation is 1. The van der Waals surface area contributed by atoms with Crippen LogP contribution in [-0.4, -0.2) is 32.2 Å². The predicted molar refractivity (Wildman–Crippen MR) is 63.1 cm³/mol. The predicted octanol–water partition coefficient (Wildman–Crippen LogP) is 1.06. The van der Waals surface area contributed by atoms with E-state index in [4.69, 9.17) is 0 Å². The van der Waals surface area contributed by atoms with Crippen molar-refractivity contribution in [3.63, 3.8) is 0 Å². The molecule has 2 unspecified atom stereocenters. The fourth-order valence-electron chi connectivity index (χ4n) is 1.28. The van der Waals surface area contributed by atoms with Gasteiger partial charge in [0.05, 0.1) is 11.8 Å². The van der Waals surface area contributed by atoms with Gasteiger partial charge in [-0.2, -0.15) is 0 Å². The molecule has 0 saturated carbocycles. The Hall–Kier alpha value is -0.910. The zero-order valence-corrected chi connectivity index (χ0v) is 10.1. The standard InChI is InChI=1S/C11H15NO3S/c1-7-4-3-5-12-10(7)11(15)9(14)6-16-8(2)13/h3-5,9,11,14-15H,6H2,1-2H3. The topological polar surface area (TPSA) is 70.4 Å². The molecule has 1 rings (SSSR count). The fraction of sp³-hybridized carbons (Fsp3) is 0.455. The normalized spacial score (nSPS) is 14.5. The lowest BCUT2D eigenvalue weighted by Crippen LogP contribution is -2.23. The molecule has 2 N–H and O–H groups in total. The molecule has 88 valence electrons. The molecule has 0 bridgehead atoms. The second kappa shape index (κ2) is 5.98. The minimum atomic E-state index is -1.05. The van der Waals surface area contributed by atoms with E-state index >= 15 is 0 Å². The first-order chi connectivity index (χ1) is 7.52. The molecule has 0 aliphatic rings. The first-order valence-electron chi connectivity index (χ1n) is 4.93. The Labute approximate surface area is 98.7 Å². The monoisotopic (exact) mass is 241 g/mol. The third kappa shape index (κ3) is 3.59. The van der Waals surface area contributed by atoms with Crippen molar-refractivity contribution in [2.45, 2.75) is 26.1 Å². The van der Waals surface area contributed by atoms with E-state index in [1.165, 1.54) is 6.92 Å². The number of pyridine rings is 1. The van der Waals surface area contributed by atoms with Crippen LogP contribution in [0.1, 0.15) is 24.3 Å². The molecule has 0 fully saturated rings. The summed E-state index contributed by atoms with van der Waals surface area (Å²) in [6.07, 6.45) is -0.466. The second-order valence-electron chi connectivity index (χ2n) is 3.52. The van der Waals surface area contributed by atoms with Gasteiger partial charge < -0.3 is 10.2 Å². The lowest BCUT2D eigenvalue weighted by molar-refractivity contribution is -0.109. The summed E-state index contributed by atoms with van der Waals surface area (Å²) in [5.74, 6) is 0.173. The minimum Gasteiger partial charge on any atom is -0.389 e. The van der Waals surface area contributed by atoms with Gasteiger partial charge in [-0.05, 0) is 18.6 Å². The zero-order chi connectivity index (χ0) is 12.1. The number of hydrogen-bond acceptors (Lipinski definition) is 5. The maximum absolute atomic E-state index is 10.7. The van der Waals surface area contributed by atoms with E-state index in [9.17, 15) is 15.0 Å². The van der Waals surface area contributed by atoms with Gasteiger partial charge in [0.25, 0.3) is 0 Å². The van der Waals surface area contributed by atoms with Gasteiger partial charge in [0.1, 0.15) is 6.10 Å². The Morgan fingerprint density at radius 2 is 2.25 bits per heavy atom. The molecule has 4 nitrogen and oxygen atoms in total. The molecule has 0 aliphatic carbocycles. The van der Waals surface area contributed by atoms with Crippen LogP contribution in [0.5, 0.6) is 0 Å². The van der Waals surface area contributed by atoms with Crippen LogP contribution < -0.4 is 0 Å². The Bertz CT molecular complexity index is 370. The molecule has 0 radical (unpaired) electrons. The molecule has 0 spiro atoms. The summed E-state index contributed by atoms with van der Waals surface area (Å²) in [5.41, 5.74) is 1.28. The van der Waals surface area contributed by atoms with Crippen LogP contribution in [0.4, 0.5) is 0 Å². The van der Waals surface area contributed by atoms with E-state index in [1.807, 2.05) is 13.0 Å². The highest BCUT2D eigenvalue weighted by molar-refractivity contribution is 8.13. The van der Waals surface area contributed by atoms with E-state index < -0.39 is 12.2 Å². The minimum absolute atomic E-state index is 0.0796. The molecule has 1 aromatic rings. The van der Waals surface area contributed by atoms with Crippen molar-refractivity contribution in [3.05, 3.63) is 29.6 Å². The number of aliphatic hydroxyl groups is 2. The Kier molecular flexibility index (Phi) is 4.92. The summed E-state index contributed by atoms with van der Waals surface area (Å²) < 4.78 is 0. The largest absolute Gasteiger partial charge is 0.389 e. The van der Waals surface area contributed by atoms with E-state index in [2.05, 4.69) is 4.98 Å². The molecule has 0 aromatic carbocycles. The highest BCUT2D eigenvalue weighted by Gasteiger charge is 2.21. The molecule has 1 aromatic heterocycles. The molecule has 1 heterocycles. The maximum atomic E-state index is 10.7. The van der Waals surface area contributed by atoms with Crippen molar-refractivity contribution in [2.24, 2.45) is 0 Å². The summed E-state index contributed by atoms with van der Waals surface area (Å²) in [6, 6.07) is 3.58. The number of aliphatic hydroxyl groups excluding tert-OH is 2. The summed E-state index contributed by atoms with van der Waals surface area (Å²) in [6.45, 7) is 3.24. The van der Waals surface area contributed by atoms with Crippen molar-refractivity contribution in [3.8, 4) is 0 Å². The Morgan fingerprint density at radius 3 is 2.81 bits per heavy atom. The number of rotatable bonds is 4. The number of carbonyl (C=O) groups is 1. The molecule has 0 amide bonds. The van der Waals surface area contributed by atoms with Gasteiger partial charge in [0, 0.05) is 18.9 Å². The van der Waals surface area contributed by atoms with Crippen molar-refractivity contribution >= 4 is 16.9 Å². The van der Waals surface area contributed by atoms with Crippen LogP contribution >= 0.6 is 11.8 Å². The average Bonchev–Trinajstić information content (AvgIpc) is 2.25. The summed E-state index contributed by atoms with van der Waals surface area (Å²) in [7, 11) is 0. The summed E-state index contributed by atoms with van der Waals surface area (Å²) >= 11 is 0.992. The van der Waals surface area contributed by atoms with Crippen LogP contribution in [-0.2, 0) is 4.79 Å². The molecule has 2 atom stereocenters. The highest BCUT2D eigenvalue weighted by Crippen LogP contribution is 2.20. The van der Waals surface area contributed by atoms with E-state index in [-0.39, 0.29) is 10.9 Å². The molecular weight excluding hydrogens is 226 g/mol. The number of aromatic nitrogens is 1. The zero-order valence-electron chi connectivity index (χ0n) is 9.25. The third-order valence-electron chi connectivity index (χ3n) is 2.15. The van der Waals surface area contributed by atoms with Crippen molar-refractivity contribution in [1.82, 2.24) is 4.98 Å². The van der Waals surface area contributed by atoms with Crippen molar-refractivity contribution in [1.29, 1.82) is 0 Å². The van der Waals surface area contributed by atoms with Crippen LogP contribution in [0.15, 0.2) is 18.3 Å². The van der Waals surface area contributed by atoms with E-state index in [0.717, 1.165) is 17.3 Å². The average molecular weight is 241 g/mol. The molecule has 16 heavy (non-hydrogen) atoms. The highest BCUT2D eigenvalue weighted by atomic mass is 32.2. The van der Waals surface area contributed by atoms with Crippen LogP contribution in [0.3, 0.4) is 0 Å². The van der Waals surface area contributed by atoms with Gasteiger partial charge in [-0.1, -0.05) is 17.8 Å². The molecule has 5 heteroatoms. The SMILES string of the molecule is CC(=O)SCC(O)C(O)c1ncccc1C. The number of nitrogens with zero attached hydrogens (tertiary/aromatic N) is 1. The number of hydrogen-bond donors (Lipinski definition) is 2. The lowest BCUT2D eigenvalue weighted by Gasteiger charge is -2.17. The van der Waals surface area contributed by atoms with Gasteiger partial charge in [0.15, 0.2) is 5.12 Å². The quantitative estimate of drug-likeness (QED) is 0.825. The maximum Gasteiger partial charge on any atom is 0.185 e. The first-order valence-corrected chi connectivity index (χ1v) is 5.92. The lowest BCUT2D eigenvalue weighted by atomic mass is 10.1. The smallest absolute Gasteiger partial charge is 0.185 e. The summed E-state index contributed by atoms with van der Waals surface area (Å²) in [5, 5.41) is 19.4. The Balaban J connectivity index is 2.66. The fourth-order valence-corrected chi connectivity index (χ4v) is 1.87. The molecule has 0 aliphatic heterocycles. The first kappa shape index (κ1) is 13.2. The van der Waals surface area contributed by atoms with Crippen molar-refractivity contribution < 1.29 is 15.0 Å². The molecular formula is C11H15NO3S. The van der Waals surface area contributed by atoms with Gasteiger partial charge >= 0.3 is 0 Å². The third-order valence-corrected chi connectivity index (χ3v) is 3.07. The van der Waals surface area contributed by atoms with Crippen molar-refractivity contribution in [2.75, 3.05) is 5.75 Å². The van der Waals surface area contributed by atoms with Gasteiger partial charge in [-0.3, -0.25) is 9.78 Å². The van der Waals surface area contributed by atoms with Gasteiger partial charge in [-0.25, -0.2) is 0 Å². The van der Waals surface area contributed by atoms with E-state index in [1.54, 1.807) is 12.3 Å². The Morgan fingerprint density at radius 1 is 1.56 bits per heavy atom. The number of thioether (sulfide) groups is 1. The second-order valence-corrected chi connectivity index (χ2v) is 4.72. The van der Waals surface area contributed by atoms with Crippen LogP contribution in [0, 0.1) is 6.92 Å².